The summed E-state index contributed by atoms with van der Waals surface area (Å²) in [5.41, 5.74) is 5.97. The first-order valence-corrected chi connectivity index (χ1v) is 10.9. The Bertz CT molecular complexity index is 1220. The number of primary amides is 1. The van der Waals surface area contributed by atoms with Crippen molar-refractivity contribution in [3.8, 4) is 5.75 Å². The number of halogens is 1. The Morgan fingerprint density at radius 1 is 1.27 bits per heavy atom. The number of nitrogens with two attached hydrogens (primary N) is 1. The number of hydrogen-bond donors (Lipinski definition) is 4. The molecule has 0 aliphatic heterocycles. The summed E-state index contributed by atoms with van der Waals surface area (Å²) >= 11 is 5.85. The molecule has 2 amide bonds. The molecule has 174 valence electrons. The predicted molar refractivity (Wildman–Crippen MR) is 126 cm³/mol. The van der Waals surface area contributed by atoms with Crippen LogP contribution in [0.2, 0.25) is 5.02 Å². The van der Waals surface area contributed by atoms with Crippen molar-refractivity contribution in [3.63, 3.8) is 0 Å². The van der Waals surface area contributed by atoms with E-state index in [4.69, 9.17) is 22.1 Å². The lowest BCUT2D eigenvalue weighted by Crippen LogP contribution is -2.45. The zero-order valence-corrected chi connectivity index (χ0v) is 19.3. The second kappa shape index (κ2) is 8.24. The van der Waals surface area contributed by atoms with E-state index in [2.05, 4.69) is 15.7 Å². The highest BCUT2D eigenvalue weighted by Crippen LogP contribution is 2.47. The Kier molecular flexibility index (Phi) is 5.71. The highest BCUT2D eigenvalue weighted by atomic mass is 35.5. The van der Waals surface area contributed by atoms with E-state index in [1.807, 2.05) is 20.8 Å². The van der Waals surface area contributed by atoms with E-state index >= 15 is 0 Å². The van der Waals surface area contributed by atoms with Crippen molar-refractivity contribution >= 4 is 40.5 Å². The molecule has 2 atom stereocenters. The largest absolute Gasteiger partial charge is 0.417 e. The molecule has 1 aliphatic rings. The van der Waals surface area contributed by atoms with Crippen LogP contribution in [-0.2, 0) is 0 Å². The maximum absolute atomic E-state index is 12.3. The van der Waals surface area contributed by atoms with Crippen LogP contribution < -0.4 is 21.1 Å². The van der Waals surface area contributed by atoms with E-state index in [-0.39, 0.29) is 11.6 Å². The van der Waals surface area contributed by atoms with Gasteiger partial charge in [0.15, 0.2) is 0 Å². The van der Waals surface area contributed by atoms with E-state index in [0.29, 0.717) is 40.5 Å². The van der Waals surface area contributed by atoms with E-state index in [1.165, 1.54) is 10.7 Å². The predicted octanol–water partition coefficient (Wildman–Crippen LogP) is 4.05. The first kappa shape index (κ1) is 22.9. The molecule has 33 heavy (non-hydrogen) atoms. The molecular formula is C23H26ClN5O4. The first-order valence-electron chi connectivity index (χ1n) is 10.5. The molecule has 0 bridgehead atoms. The van der Waals surface area contributed by atoms with Crippen molar-refractivity contribution in [1.29, 1.82) is 0 Å². The molecular weight excluding hydrogens is 446 g/mol. The normalized spacial score (nSPS) is 21.7. The summed E-state index contributed by atoms with van der Waals surface area (Å²) in [5, 5.41) is 21.6. The average Bonchev–Trinajstić information content (AvgIpc) is 3.22. The number of anilines is 2. The molecule has 1 fully saturated rings. The number of nitrogens with one attached hydrogen (secondary N) is 2. The Labute approximate surface area is 195 Å². The topological polar surface area (TPSA) is 131 Å². The van der Waals surface area contributed by atoms with Gasteiger partial charge in [0.1, 0.15) is 5.75 Å². The Balaban J connectivity index is 1.62. The molecule has 3 aromatic rings. The van der Waals surface area contributed by atoms with Gasteiger partial charge in [-0.2, -0.15) is 5.10 Å². The quantitative estimate of drug-likeness (QED) is 0.444. The fourth-order valence-electron chi connectivity index (χ4n) is 4.13. The molecule has 0 saturated heterocycles. The standard InChI is InChI=1S/C23H26ClN5O4/c1-22(2)18(8-9-23(22,3)32)28-19-16(20(25)30)11-26-29-12-14(10-17(19)29)27-21(31)33-15-6-4-13(24)5-7-15/h4-7,10-12,18,28,32H,8-9H2,1-3H3,(H2,25,30)(H,27,31)/t18-,23-/m1/s1. The van der Waals surface area contributed by atoms with Gasteiger partial charge in [-0.05, 0) is 50.1 Å². The maximum Gasteiger partial charge on any atom is 0.417 e. The molecule has 10 heteroatoms. The van der Waals surface area contributed by atoms with Crippen LogP contribution in [0.5, 0.6) is 5.75 Å². The first-order chi connectivity index (χ1) is 15.5. The van der Waals surface area contributed by atoms with Crippen LogP contribution in [-0.4, -0.2) is 38.4 Å². The van der Waals surface area contributed by atoms with Gasteiger partial charge in [-0.25, -0.2) is 9.31 Å². The number of fused-ring (bicyclic) bond motifs is 1. The van der Waals surface area contributed by atoms with Crippen molar-refractivity contribution in [1.82, 2.24) is 9.61 Å². The maximum atomic E-state index is 12.3. The zero-order valence-electron chi connectivity index (χ0n) is 18.6. The van der Waals surface area contributed by atoms with Crippen molar-refractivity contribution in [2.75, 3.05) is 10.6 Å². The number of amides is 2. The molecule has 2 heterocycles. The Hall–Kier alpha value is -3.30. The van der Waals surface area contributed by atoms with Gasteiger partial charge in [-0.3, -0.25) is 10.1 Å². The van der Waals surface area contributed by atoms with Crippen molar-refractivity contribution in [2.45, 2.75) is 45.3 Å². The fourth-order valence-corrected chi connectivity index (χ4v) is 4.25. The fraction of sp³-hybridized carbons (Fsp3) is 0.348. The van der Waals surface area contributed by atoms with Crippen molar-refractivity contribution < 1.29 is 19.4 Å². The molecule has 1 aliphatic carbocycles. The van der Waals surface area contributed by atoms with Gasteiger partial charge >= 0.3 is 6.09 Å². The number of nitrogens with zero attached hydrogens (tertiary/aromatic N) is 2. The van der Waals surface area contributed by atoms with Gasteiger partial charge in [0.25, 0.3) is 5.91 Å². The third-order valence-corrected chi connectivity index (χ3v) is 6.92. The number of benzene rings is 1. The number of carbonyl (C=O) groups excluding carboxylic acids is 2. The molecule has 2 aromatic heterocycles. The minimum Gasteiger partial charge on any atom is -0.410 e. The van der Waals surface area contributed by atoms with Crippen LogP contribution in [0.1, 0.15) is 44.0 Å². The molecule has 1 aromatic carbocycles. The summed E-state index contributed by atoms with van der Waals surface area (Å²) in [6.45, 7) is 5.78. The molecule has 9 nitrogen and oxygen atoms in total. The van der Waals surface area contributed by atoms with Gasteiger partial charge in [0, 0.05) is 16.5 Å². The lowest BCUT2D eigenvalue weighted by molar-refractivity contribution is -0.0283. The number of carbonyl (C=O) groups is 2. The summed E-state index contributed by atoms with van der Waals surface area (Å²) in [6.07, 6.45) is 3.63. The summed E-state index contributed by atoms with van der Waals surface area (Å²) < 4.78 is 6.80. The SMILES string of the molecule is CC1(C)[C@H](Nc2c(C(N)=O)cnn3cc(NC(=O)Oc4ccc(Cl)cc4)cc23)CC[C@@]1(C)O. The van der Waals surface area contributed by atoms with Gasteiger partial charge in [-0.1, -0.05) is 25.4 Å². The zero-order chi connectivity index (χ0) is 24.0. The van der Waals surface area contributed by atoms with E-state index in [1.54, 1.807) is 36.5 Å². The molecule has 0 radical (unpaired) electrons. The van der Waals surface area contributed by atoms with Crippen LogP contribution in [0, 0.1) is 5.41 Å². The van der Waals surface area contributed by atoms with Crippen molar-refractivity contribution in [2.24, 2.45) is 11.1 Å². The smallest absolute Gasteiger partial charge is 0.410 e. The van der Waals surface area contributed by atoms with Crippen LogP contribution in [0.4, 0.5) is 16.2 Å². The Morgan fingerprint density at radius 3 is 2.58 bits per heavy atom. The lowest BCUT2D eigenvalue weighted by atomic mass is 9.76. The van der Waals surface area contributed by atoms with Crippen LogP contribution in [0.25, 0.3) is 5.52 Å². The number of hydrogen-bond acceptors (Lipinski definition) is 6. The third-order valence-electron chi connectivity index (χ3n) is 6.67. The lowest BCUT2D eigenvalue weighted by Gasteiger charge is -2.38. The van der Waals surface area contributed by atoms with Gasteiger partial charge in [0.2, 0.25) is 0 Å². The second-order valence-electron chi connectivity index (χ2n) is 9.06. The number of aliphatic hydroxyl groups is 1. The van der Waals surface area contributed by atoms with Gasteiger partial charge in [-0.15, -0.1) is 0 Å². The summed E-state index contributed by atoms with van der Waals surface area (Å²) in [6, 6.07) is 7.96. The molecule has 0 spiro atoms. The van der Waals surface area contributed by atoms with E-state index < -0.39 is 23.0 Å². The minimum atomic E-state index is -0.860. The number of ether oxygens (including phenoxy) is 1. The monoisotopic (exact) mass is 471 g/mol. The summed E-state index contributed by atoms with van der Waals surface area (Å²) in [7, 11) is 0. The molecule has 5 N–H and O–H groups in total. The number of rotatable bonds is 5. The highest BCUT2D eigenvalue weighted by molar-refractivity contribution is 6.30. The van der Waals surface area contributed by atoms with Crippen LogP contribution >= 0.6 is 11.6 Å². The second-order valence-corrected chi connectivity index (χ2v) is 9.49. The van der Waals surface area contributed by atoms with Crippen LogP contribution in [0.15, 0.2) is 42.7 Å². The average molecular weight is 472 g/mol. The summed E-state index contributed by atoms with van der Waals surface area (Å²) in [5.74, 6) is -0.291. The van der Waals surface area contributed by atoms with E-state index in [0.717, 1.165) is 0 Å². The van der Waals surface area contributed by atoms with Crippen molar-refractivity contribution in [3.05, 3.63) is 53.3 Å². The third kappa shape index (κ3) is 4.34. The van der Waals surface area contributed by atoms with Gasteiger partial charge < -0.3 is 20.9 Å². The molecule has 1 saturated carbocycles. The van der Waals surface area contributed by atoms with Crippen LogP contribution in [0.3, 0.4) is 0 Å². The Morgan fingerprint density at radius 2 is 1.97 bits per heavy atom. The summed E-state index contributed by atoms with van der Waals surface area (Å²) in [4.78, 5) is 24.4. The van der Waals surface area contributed by atoms with Gasteiger partial charge in [0.05, 0.1) is 40.4 Å². The molecule has 0 unspecified atom stereocenters. The highest BCUT2D eigenvalue weighted by Gasteiger charge is 2.50. The van der Waals surface area contributed by atoms with E-state index in [9.17, 15) is 14.7 Å². The minimum absolute atomic E-state index is 0.113. The molecule has 4 rings (SSSR count). The number of aromatic nitrogens is 2.